The van der Waals surface area contributed by atoms with Gasteiger partial charge in [-0.2, -0.15) is 8.78 Å². The van der Waals surface area contributed by atoms with E-state index in [0.29, 0.717) is 35.1 Å². The molecule has 2 atom stereocenters. The van der Waals surface area contributed by atoms with Crippen molar-refractivity contribution < 1.29 is 28.2 Å². The number of ether oxygens (including phenoxy) is 1. The number of H-pyrrole nitrogens is 1. The number of carbonyl (C=O) groups excluding carboxylic acids is 2. The van der Waals surface area contributed by atoms with Crippen LogP contribution < -0.4 is 4.74 Å². The van der Waals surface area contributed by atoms with Crippen LogP contribution in [-0.4, -0.2) is 75.1 Å². The number of aromatic nitrogens is 1. The van der Waals surface area contributed by atoms with Gasteiger partial charge in [-0.3, -0.25) is 19.5 Å². The fraction of sp³-hybridized carbons (Fsp3) is 0.357. The first-order valence-electron chi connectivity index (χ1n) is 12.7. The van der Waals surface area contributed by atoms with E-state index in [4.69, 9.17) is 0 Å². The molecule has 2 N–H and O–H groups in total. The van der Waals surface area contributed by atoms with E-state index < -0.39 is 18.2 Å². The number of aromatic amines is 1. The molecule has 0 saturated carbocycles. The van der Waals surface area contributed by atoms with Gasteiger partial charge in [-0.25, -0.2) is 4.79 Å². The number of nitrogens with zero attached hydrogens (tertiary/aromatic N) is 3. The third-order valence-electron chi connectivity index (χ3n) is 7.80. The Balaban J connectivity index is 1.42. The molecule has 4 heterocycles. The molecule has 3 aliphatic heterocycles. The smallest absolute Gasteiger partial charge is 0.387 e. The van der Waals surface area contributed by atoms with Crippen LogP contribution in [0, 0.1) is 0 Å². The van der Waals surface area contributed by atoms with Crippen molar-refractivity contribution in [1.29, 1.82) is 0 Å². The predicted octanol–water partition coefficient (Wildman–Crippen LogP) is 4.41. The first-order valence-corrected chi connectivity index (χ1v) is 12.7. The minimum Gasteiger partial charge on any atom is -0.508 e. The number of nitrogens with one attached hydrogen (secondary N) is 1. The number of hydrogen-bond acceptors (Lipinski definition) is 5. The lowest BCUT2D eigenvalue weighted by Crippen LogP contribution is -2.53. The Hall–Kier alpha value is -3.92. The fourth-order valence-electron chi connectivity index (χ4n) is 6.06. The lowest BCUT2D eigenvalue weighted by Gasteiger charge is -2.42. The van der Waals surface area contributed by atoms with Gasteiger partial charge < -0.3 is 14.8 Å². The Morgan fingerprint density at radius 1 is 1.13 bits per heavy atom. The number of phenolic OH excluding ortho intramolecular Hbond substituents is 1. The maximum absolute atomic E-state index is 13.9. The summed E-state index contributed by atoms with van der Waals surface area (Å²) in [6.07, 6.45) is 5.07. The van der Waals surface area contributed by atoms with Crippen molar-refractivity contribution in [3.8, 4) is 11.5 Å². The zero-order valence-electron chi connectivity index (χ0n) is 20.9. The third-order valence-corrected chi connectivity index (χ3v) is 7.80. The summed E-state index contributed by atoms with van der Waals surface area (Å²) in [7, 11) is 0. The van der Waals surface area contributed by atoms with Gasteiger partial charge in [0.15, 0.2) is 0 Å². The number of phenols is 1. The van der Waals surface area contributed by atoms with Crippen molar-refractivity contribution in [2.75, 3.05) is 26.2 Å². The number of rotatable bonds is 7. The van der Waals surface area contributed by atoms with Crippen LogP contribution in [-0.2, 0) is 11.2 Å². The van der Waals surface area contributed by atoms with Gasteiger partial charge >= 0.3 is 12.6 Å². The van der Waals surface area contributed by atoms with Crippen LogP contribution in [0.25, 0.3) is 10.9 Å². The van der Waals surface area contributed by atoms with E-state index in [0.717, 1.165) is 25.2 Å². The van der Waals surface area contributed by atoms with Gasteiger partial charge in [-0.1, -0.05) is 24.3 Å². The fourth-order valence-corrected chi connectivity index (χ4v) is 6.06. The van der Waals surface area contributed by atoms with Gasteiger partial charge in [-0.15, -0.1) is 0 Å². The summed E-state index contributed by atoms with van der Waals surface area (Å²) in [5.74, 6) is -0.232. The SMILES string of the molecule is C[C@@]12Cc3c([nH]c4ccc(OC(F)F)cc34)[C@@H](c3cccc(O)c3)N1C(=O)N(CCCN1CC=CC1)C2=O. The maximum atomic E-state index is 13.9. The van der Waals surface area contributed by atoms with Crippen molar-refractivity contribution in [2.45, 2.75) is 38.0 Å². The van der Waals surface area contributed by atoms with Gasteiger partial charge in [0.2, 0.25) is 0 Å². The monoisotopic (exact) mass is 522 g/mol. The molecule has 198 valence electrons. The molecule has 8 nitrogen and oxygen atoms in total. The van der Waals surface area contributed by atoms with E-state index in [2.05, 4.69) is 26.8 Å². The predicted molar refractivity (Wildman–Crippen MR) is 136 cm³/mol. The van der Waals surface area contributed by atoms with Crippen LogP contribution in [0.3, 0.4) is 0 Å². The molecule has 0 spiro atoms. The van der Waals surface area contributed by atoms with Crippen molar-refractivity contribution in [1.82, 2.24) is 19.7 Å². The lowest BCUT2D eigenvalue weighted by molar-refractivity contribution is -0.133. The molecule has 3 amide bonds. The standard InChI is InChI=1S/C28H28F2N4O4/c1-28-16-21-20-15-19(38-26(29)30)8-9-22(20)31-23(21)24(17-6-4-7-18(35)14-17)34(28)27(37)33(25(28)36)13-5-12-32-10-2-3-11-32/h2-4,6-9,14-15,24,26,31,35H,5,10-13,16H2,1H3/t24-,28+/m1/s1. The first-order chi connectivity index (χ1) is 18.3. The molecule has 0 aliphatic carbocycles. The second-order valence-electron chi connectivity index (χ2n) is 10.2. The highest BCUT2D eigenvalue weighted by Crippen LogP contribution is 2.49. The maximum Gasteiger partial charge on any atom is 0.387 e. The average molecular weight is 523 g/mol. The Labute approximate surface area is 218 Å². The van der Waals surface area contributed by atoms with Gasteiger partial charge in [-0.05, 0) is 54.8 Å². The number of alkyl halides is 2. The first kappa shape index (κ1) is 24.4. The average Bonchev–Trinajstić information content (AvgIpc) is 3.56. The molecule has 2 aromatic carbocycles. The number of amides is 3. The molecular weight excluding hydrogens is 494 g/mol. The lowest BCUT2D eigenvalue weighted by atomic mass is 9.81. The largest absolute Gasteiger partial charge is 0.508 e. The van der Waals surface area contributed by atoms with Crippen LogP contribution in [0.15, 0.2) is 54.6 Å². The minimum absolute atomic E-state index is 0.0163. The summed E-state index contributed by atoms with van der Waals surface area (Å²) in [6.45, 7) is 1.60. The van der Waals surface area contributed by atoms with E-state index in [1.54, 1.807) is 48.2 Å². The molecule has 1 fully saturated rings. The molecule has 0 radical (unpaired) electrons. The summed E-state index contributed by atoms with van der Waals surface area (Å²) in [5, 5.41) is 10.9. The van der Waals surface area contributed by atoms with Gasteiger partial charge in [0.1, 0.15) is 23.1 Å². The van der Waals surface area contributed by atoms with Crippen molar-refractivity contribution in [3.05, 3.63) is 71.4 Å². The third kappa shape index (κ3) is 3.91. The second kappa shape index (κ2) is 9.13. The quantitative estimate of drug-likeness (QED) is 0.355. The number of aromatic hydroxyl groups is 1. The molecule has 10 heteroatoms. The van der Waals surface area contributed by atoms with Crippen molar-refractivity contribution in [2.24, 2.45) is 0 Å². The summed E-state index contributed by atoms with van der Waals surface area (Å²) in [6, 6.07) is 10.2. The Morgan fingerprint density at radius 2 is 1.92 bits per heavy atom. The Kier molecular flexibility index (Phi) is 5.86. The van der Waals surface area contributed by atoms with Gasteiger partial charge in [0.25, 0.3) is 5.91 Å². The number of carbonyl (C=O) groups is 2. The highest BCUT2D eigenvalue weighted by Gasteiger charge is 2.60. The molecular formula is C28H28F2N4O4. The molecule has 0 unspecified atom stereocenters. The number of imide groups is 1. The normalized spacial score (nSPS) is 23.1. The van der Waals surface area contributed by atoms with Crippen molar-refractivity contribution in [3.63, 3.8) is 0 Å². The number of fused-ring (bicyclic) bond motifs is 4. The van der Waals surface area contributed by atoms with E-state index >= 15 is 0 Å². The second-order valence-corrected chi connectivity index (χ2v) is 10.2. The van der Waals surface area contributed by atoms with Crippen LogP contribution >= 0.6 is 0 Å². The number of halogens is 2. The summed E-state index contributed by atoms with van der Waals surface area (Å²) in [4.78, 5) is 36.3. The van der Waals surface area contributed by atoms with Crippen LogP contribution in [0.2, 0.25) is 0 Å². The van der Waals surface area contributed by atoms with E-state index in [1.165, 1.54) is 11.0 Å². The summed E-state index contributed by atoms with van der Waals surface area (Å²) >= 11 is 0. The summed E-state index contributed by atoms with van der Waals surface area (Å²) in [5.41, 5.74) is 1.58. The van der Waals surface area contributed by atoms with Crippen LogP contribution in [0.5, 0.6) is 11.5 Å². The van der Waals surface area contributed by atoms with Crippen LogP contribution in [0.1, 0.15) is 36.2 Å². The highest BCUT2D eigenvalue weighted by atomic mass is 19.3. The molecule has 1 aromatic heterocycles. The number of benzene rings is 2. The van der Waals surface area contributed by atoms with Gasteiger partial charge in [0, 0.05) is 49.2 Å². The molecule has 1 saturated heterocycles. The van der Waals surface area contributed by atoms with Crippen LogP contribution in [0.4, 0.5) is 13.6 Å². The Morgan fingerprint density at radius 3 is 2.66 bits per heavy atom. The molecule has 0 bridgehead atoms. The van der Waals surface area contributed by atoms with E-state index in [-0.39, 0.29) is 29.9 Å². The Bertz CT molecular complexity index is 1450. The molecule has 3 aliphatic rings. The van der Waals surface area contributed by atoms with Gasteiger partial charge in [0.05, 0.1) is 0 Å². The number of urea groups is 1. The van der Waals surface area contributed by atoms with E-state index in [1.807, 2.05) is 0 Å². The topological polar surface area (TPSA) is 89.1 Å². The van der Waals surface area contributed by atoms with Crippen molar-refractivity contribution >= 4 is 22.8 Å². The molecule has 38 heavy (non-hydrogen) atoms. The highest BCUT2D eigenvalue weighted by molar-refractivity contribution is 6.08. The molecule has 3 aromatic rings. The van der Waals surface area contributed by atoms with E-state index in [9.17, 15) is 23.5 Å². The summed E-state index contributed by atoms with van der Waals surface area (Å²) < 4.78 is 30.5. The molecule has 6 rings (SSSR count). The number of hydrogen-bond donors (Lipinski definition) is 2. The minimum atomic E-state index is -2.96. The zero-order valence-corrected chi connectivity index (χ0v) is 20.9. The zero-order chi connectivity index (χ0) is 26.6.